The lowest BCUT2D eigenvalue weighted by Gasteiger charge is -2.06. The van der Waals surface area contributed by atoms with Gasteiger partial charge < -0.3 is 4.74 Å². The molecule has 0 spiro atoms. The molecule has 0 saturated carbocycles. The highest BCUT2D eigenvalue weighted by Crippen LogP contribution is 2.31. The van der Waals surface area contributed by atoms with Crippen molar-refractivity contribution in [1.82, 2.24) is 0 Å². The van der Waals surface area contributed by atoms with Gasteiger partial charge in [0.05, 0.1) is 12.0 Å². The maximum absolute atomic E-state index is 10.9. The van der Waals surface area contributed by atoms with Crippen LogP contribution < -0.4 is 9.30 Å². The highest BCUT2D eigenvalue weighted by Gasteiger charge is 2.16. The number of methoxy groups -OCH3 is 1. The zero-order chi connectivity index (χ0) is 15.4. The lowest BCUT2D eigenvalue weighted by atomic mass is 10.1. The number of nitro groups is 1. The second kappa shape index (κ2) is 6.35. The first-order valence-electron chi connectivity index (χ1n) is 6.83. The third kappa shape index (κ3) is 3.56. The molecule has 5 nitrogen and oxygen atoms in total. The summed E-state index contributed by atoms with van der Waals surface area (Å²) in [6, 6.07) is 8.89. The van der Waals surface area contributed by atoms with Gasteiger partial charge in [0.25, 0.3) is 0 Å². The molecule has 0 aliphatic heterocycles. The van der Waals surface area contributed by atoms with Crippen LogP contribution in [0, 0.1) is 16.0 Å². The van der Waals surface area contributed by atoms with Gasteiger partial charge in [0, 0.05) is 23.6 Å². The average molecular weight is 287 g/mol. The highest BCUT2D eigenvalue weighted by molar-refractivity contribution is 5.67. The average Bonchev–Trinajstić information content (AvgIpc) is 2.46. The Morgan fingerprint density at radius 1 is 1.29 bits per heavy atom. The Kier molecular flexibility index (Phi) is 4.52. The van der Waals surface area contributed by atoms with Gasteiger partial charge >= 0.3 is 5.69 Å². The van der Waals surface area contributed by atoms with Crippen molar-refractivity contribution in [3.8, 4) is 16.9 Å². The molecule has 2 rings (SSSR count). The van der Waals surface area contributed by atoms with Crippen molar-refractivity contribution < 1.29 is 14.2 Å². The third-order valence-electron chi connectivity index (χ3n) is 3.14. The molecule has 1 heterocycles. The van der Waals surface area contributed by atoms with Crippen molar-refractivity contribution in [2.24, 2.45) is 5.92 Å². The van der Waals surface area contributed by atoms with Crippen LogP contribution in [0.1, 0.15) is 13.8 Å². The molecule has 0 saturated heterocycles. The molecule has 0 amide bonds. The van der Waals surface area contributed by atoms with Gasteiger partial charge in [-0.3, -0.25) is 10.1 Å². The maximum atomic E-state index is 10.9. The van der Waals surface area contributed by atoms with Gasteiger partial charge in [-0.05, 0) is 23.8 Å². The van der Waals surface area contributed by atoms with Crippen LogP contribution >= 0.6 is 0 Å². The second-order valence-electron chi connectivity index (χ2n) is 5.33. The van der Waals surface area contributed by atoms with Gasteiger partial charge in [0.1, 0.15) is 0 Å². The van der Waals surface area contributed by atoms with E-state index < -0.39 is 4.92 Å². The zero-order valence-corrected chi connectivity index (χ0v) is 12.4. The molecule has 0 aliphatic carbocycles. The van der Waals surface area contributed by atoms with Crippen LogP contribution in [0.2, 0.25) is 0 Å². The summed E-state index contributed by atoms with van der Waals surface area (Å²) in [6.45, 7) is 5.25. The minimum absolute atomic E-state index is 0.0211. The van der Waals surface area contributed by atoms with Gasteiger partial charge in [-0.1, -0.05) is 13.8 Å². The molecule has 0 atom stereocenters. The van der Waals surface area contributed by atoms with Crippen molar-refractivity contribution in [3.63, 3.8) is 0 Å². The second-order valence-corrected chi connectivity index (χ2v) is 5.33. The molecule has 1 aromatic carbocycles. The Hall–Kier alpha value is -2.43. The molecule has 0 bridgehead atoms. The first-order valence-corrected chi connectivity index (χ1v) is 6.83. The molecule has 0 aliphatic rings. The van der Waals surface area contributed by atoms with Crippen LogP contribution in [-0.4, -0.2) is 12.0 Å². The fourth-order valence-corrected chi connectivity index (χ4v) is 2.24. The van der Waals surface area contributed by atoms with E-state index in [-0.39, 0.29) is 11.4 Å². The maximum Gasteiger partial charge on any atom is 0.310 e. The minimum Gasteiger partial charge on any atom is -0.490 e. The third-order valence-corrected chi connectivity index (χ3v) is 3.14. The summed E-state index contributed by atoms with van der Waals surface area (Å²) in [5.41, 5.74) is 1.88. The summed E-state index contributed by atoms with van der Waals surface area (Å²) in [5.74, 6) is 0.827. The summed E-state index contributed by atoms with van der Waals surface area (Å²) in [7, 11) is 1.44. The first-order chi connectivity index (χ1) is 10.0. The number of rotatable bonds is 5. The Morgan fingerprint density at radius 3 is 2.67 bits per heavy atom. The van der Waals surface area contributed by atoms with Crippen molar-refractivity contribution in [3.05, 3.63) is 52.8 Å². The van der Waals surface area contributed by atoms with Gasteiger partial charge in [-0.25, -0.2) is 4.57 Å². The van der Waals surface area contributed by atoms with E-state index in [0.717, 1.165) is 17.7 Å². The van der Waals surface area contributed by atoms with E-state index in [1.807, 2.05) is 24.5 Å². The van der Waals surface area contributed by atoms with E-state index in [1.165, 1.54) is 13.2 Å². The van der Waals surface area contributed by atoms with E-state index in [0.29, 0.717) is 5.92 Å². The number of nitrogens with zero attached hydrogens (tertiary/aromatic N) is 2. The largest absolute Gasteiger partial charge is 0.490 e. The predicted molar refractivity (Wildman–Crippen MR) is 80.1 cm³/mol. The fraction of sp³-hybridized carbons (Fsp3) is 0.312. The standard InChI is InChI=1S/C16H19N2O3/c1-12(2)10-17-8-4-5-14(11-17)13-6-7-15(18(19)20)16(9-13)21-3/h4-9,11-12H,10H2,1-3H3/q+1. The molecule has 2 aromatic rings. The number of ether oxygens (including phenoxy) is 1. The van der Waals surface area contributed by atoms with Crippen LogP contribution in [0.5, 0.6) is 5.75 Å². The molecular weight excluding hydrogens is 268 g/mol. The van der Waals surface area contributed by atoms with Crippen molar-refractivity contribution in [2.45, 2.75) is 20.4 Å². The zero-order valence-electron chi connectivity index (χ0n) is 12.4. The number of pyridine rings is 1. The SMILES string of the molecule is COc1cc(-c2ccc[n+](CC(C)C)c2)ccc1[N+](=O)[O-]. The van der Waals surface area contributed by atoms with E-state index in [4.69, 9.17) is 4.74 Å². The molecule has 0 unspecified atom stereocenters. The number of hydrogen-bond donors (Lipinski definition) is 0. The Morgan fingerprint density at radius 2 is 2.05 bits per heavy atom. The molecule has 0 fully saturated rings. The quantitative estimate of drug-likeness (QED) is 0.482. The summed E-state index contributed by atoms with van der Waals surface area (Å²) >= 11 is 0. The molecule has 1 aromatic heterocycles. The van der Waals surface area contributed by atoms with Crippen LogP contribution in [0.4, 0.5) is 5.69 Å². The highest BCUT2D eigenvalue weighted by atomic mass is 16.6. The van der Waals surface area contributed by atoms with Crippen molar-refractivity contribution >= 4 is 5.69 Å². The summed E-state index contributed by atoms with van der Waals surface area (Å²) < 4.78 is 7.23. The number of nitro benzene ring substituents is 1. The van der Waals surface area contributed by atoms with Crippen molar-refractivity contribution in [2.75, 3.05) is 7.11 Å². The lowest BCUT2D eigenvalue weighted by Crippen LogP contribution is -2.35. The molecular formula is C16H19N2O3+. The van der Waals surface area contributed by atoms with Gasteiger partial charge in [-0.15, -0.1) is 0 Å². The Labute approximate surface area is 124 Å². The summed E-state index contributed by atoms with van der Waals surface area (Å²) in [6.07, 6.45) is 4.06. The van der Waals surface area contributed by atoms with E-state index >= 15 is 0 Å². The number of aromatic nitrogens is 1. The van der Waals surface area contributed by atoms with E-state index in [9.17, 15) is 10.1 Å². The number of hydrogen-bond acceptors (Lipinski definition) is 3. The monoisotopic (exact) mass is 287 g/mol. The van der Waals surface area contributed by atoms with Crippen LogP contribution in [0.3, 0.4) is 0 Å². The Bertz CT molecular complexity index is 654. The van der Waals surface area contributed by atoms with Gasteiger partial charge in [0.15, 0.2) is 24.7 Å². The van der Waals surface area contributed by atoms with Crippen molar-refractivity contribution in [1.29, 1.82) is 0 Å². The summed E-state index contributed by atoms with van der Waals surface area (Å²) in [4.78, 5) is 10.5. The first kappa shape index (κ1) is 15.0. The molecule has 0 radical (unpaired) electrons. The Balaban J connectivity index is 2.40. The lowest BCUT2D eigenvalue weighted by molar-refractivity contribution is -0.701. The smallest absolute Gasteiger partial charge is 0.310 e. The van der Waals surface area contributed by atoms with E-state index in [2.05, 4.69) is 18.4 Å². The van der Waals surface area contributed by atoms with Gasteiger partial charge in [0.2, 0.25) is 0 Å². The normalized spacial score (nSPS) is 10.7. The predicted octanol–water partition coefficient (Wildman–Crippen LogP) is 3.21. The van der Waals surface area contributed by atoms with E-state index in [1.54, 1.807) is 12.1 Å². The van der Waals surface area contributed by atoms with Crippen LogP contribution in [0.25, 0.3) is 11.1 Å². The summed E-state index contributed by atoms with van der Waals surface area (Å²) in [5, 5.41) is 10.9. The molecule has 110 valence electrons. The topological polar surface area (TPSA) is 56.2 Å². The minimum atomic E-state index is -0.438. The van der Waals surface area contributed by atoms with Gasteiger partial charge in [-0.2, -0.15) is 0 Å². The van der Waals surface area contributed by atoms with Crippen LogP contribution in [0.15, 0.2) is 42.7 Å². The molecule has 5 heteroatoms. The number of benzene rings is 1. The fourth-order valence-electron chi connectivity index (χ4n) is 2.24. The molecule has 0 N–H and O–H groups in total. The molecule has 21 heavy (non-hydrogen) atoms. The van der Waals surface area contributed by atoms with Crippen LogP contribution in [-0.2, 0) is 6.54 Å².